The number of rotatable bonds is 3. The molecule has 0 spiro atoms. The summed E-state index contributed by atoms with van der Waals surface area (Å²) in [6, 6.07) is 14.0. The molecule has 3 rings (SSSR count). The first kappa shape index (κ1) is 14.7. The molecule has 0 saturated carbocycles. The molecule has 1 aromatic heterocycles. The summed E-state index contributed by atoms with van der Waals surface area (Å²) in [5, 5.41) is 1.25. The van der Waals surface area contributed by atoms with Crippen LogP contribution in [0.1, 0.15) is 16.2 Å². The molecular weight excluding hydrogens is 319 g/mol. The van der Waals surface area contributed by atoms with Crippen LogP contribution in [0.4, 0.5) is 0 Å². The van der Waals surface area contributed by atoms with E-state index in [2.05, 4.69) is 9.97 Å². The van der Waals surface area contributed by atoms with Crippen LogP contribution in [-0.2, 0) is 0 Å². The molecule has 0 amide bonds. The maximum atomic E-state index is 12.3. The van der Waals surface area contributed by atoms with Gasteiger partial charge in [-0.3, -0.25) is 4.79 Å². The number of ketones is 1. The number of carbonyl (C=O) groups excluding carboxylic acids is 1. The van der Waals surface area contributed by atoms with E-state index in [1.807, 2.05) is 12.1 Å². The Bertz CT molecular complexity index is 798. The first-order valence-corrected chi connectivity index (χ1v) is 7.27. The van der Waals surface area contributed by atoms with E-state index in [0.29, 0.717) is 15.6 Å². The number of nitrogens with zero attached hydrogens (tertiary/aromatic N) is 2. The molecule has 2 aromatic carbocycles. The van der Waals surface area contributed by atoms with Gasteiger partial charge in [0.1, 0.15) is 0 Å². The second-order valence-electron chi connectivity index (χ2n) is 4.64. The Hall–Kier alpha value is -2.23. The van der Waals surface area contributed by atoms with Crippen LogP contribution >= 0.6 is 23.2 Å². The average molecular weight is 329 g/mol. The number of hydrogen-bond donors (Lipinski definition) is 0. The maximum absolute atomic E-state index is 12.3. The summed E-state index contributed by atoms with van der Waals surface area (Å²) in [5.74, 6) is -0.0839. The molecule has 22 heavy (non-hydrogen) atoms. The lowest BCUT2D eigenvalue weighted by Crippen LogP contribution is -2.06. The summed E-state index contributed by atoms with van der Waals surface area (Å²) >= 11 is 11.7. The number of halogens is 2. The van der Waals surface area contributed by atoms with Gasteiger partial charge in [-0.2, -0.15) is 0 Å². The minimum absolute atomic E-state index is 0.153. The molecule has 3 aromatic rings. The van der Waals surface area contributed by atoms with Gasteiger partial charge in [0.15, 0.2) is 0 Å². The molecule has 0 N–H and O–H groups in total. The standard InChI is InChI=1S/C17H10Cl2N2O/c18-14-5-1-11(2-6-14)13-9-20-17(21-10-13)16(22)12-3-7-15(19)8-4-12/h1-10H. The van der Waals surface area contributed by atoms with E-state index in [9.17, 15) is 4.79 Å². The highest BCUT2D eigenvalue weighted by atomic mass is 35.5. The molecule has 0 aliphatic carbocycles. The van der Waals surface area contributed by atoms with Gasteiger partial charge in [-0.05, 0) is 42.0 Å². The number of benzene rings is 2. The third-order valence-corrected chi connectivity index (χ3v) is 3.64. The Kier molecular flexibility index (Phi) is 4.18. The van der Waals surface area contributed by atoms with Gasteiger partial charge in [-0.1, -0.05) is 35.3 Å². The Balaban J connectivity index is 1.86. The monoisotopic (exact) mass is 328 g/mol. The molecule has 0 unspecified atom stereocenters. The van der Waals surface area contributed by atoms with E-state index in [0.717, 1.165) is 11.1 Å². The van der Waals surface area contributed by atoms with Crippen LogP contribution in [0.5, 0.6) is 0 Å². The molecule has 0 atom stereocenters. The van der Waals surface area contributed by atoms with Gasteiger partial charge in [-0.15, -0.1) is 0 Å². The molecular formula is C17H10Cl2N2O. The van der Waals surface area contributed by atoms with Gasteiger partial charge in [-0.25, -0.2) is 9.97 Å². The molecule has 1 heterocycles. The van der Waals surface area contributed by atoms with Crippen molar-refractivity contribution in [2.24, 2.45) is 0 Å². The zero-order chi connectivity index (χ0) is 15.5. The van der Waals surface area contributed by atoms with E-state index in [1.54, 1.807) is 48.8 Å². The highest BCUT2D eigenvalue weighted by Gasteiger charge is 2.12. The first-order valence-electron chi connectivity index (χ1n) is 6.52. The summed E-state index contributed by atoms with van der Waals surface area (Å²) in [4.78, 5) is 20.6. The zero-order valence-electron chi connectivity index (χ0n) is 11.3. The smallest absolute Gasteiger partial charge is 0.230 e. The second kappa shape index (κ2) is 6.26. The van der Waals surface area contributed by atoms with Gasteiger partial charge in [0, 0.05) is 33.6 Å². The van der Waals surface area contributed by atoms with E-state index < -0.39 is 0 Å². The van der Waals surface area contributed by atoms with Crippen molar-refractivity contribution in [2.45, 2.75) is 0 Å². The zero-order valence-corrected chi connectivity index (χ0v) is 12.8. The molecule has 0 bridgehead atoms. The van der Waals surface area contributed by atoms with Crippen LogP contribution in [0.3, 0.4) is 0 Å². The van der Waals surface area contributed by atoms with Gasteiger partial charge < -0.3 is 0 Å². The van der Waals surface area contributed by atoms with E-state index in [4.69, 9.17) is 23.2 Å². The quantitative estimate of drug-likeness (QED) is 0.655. The first-order chi connectivity index (χ1) is 10.6. The molecule has 0 aliphatic heterocycles. The Morgan fingerprint density at radius 2 is 1.23 bits per heavy atom. The summed E-state index contributed by atoms with van der Waals surface area (Å²) < 4.78 is 0. The largest absolute Gasteiger partial charge is 0.285 e. The third-order valence-electron chi connectivity index (χ3n) is 3.14. The van der Waals surface area contributed by atoms with Crippen molar-refractivity contribution in [2.75, 3.05) is 0 Å². The molecule has 0 radical (unpaired) electrons. The number of hydrogen-bond acceptors (Lipinski definition) is 3. The van der Waals surface area contributed by atoms with Gasteiger partial charge in [0.2, 0.25) is 11.6 Å². The van der Waals surface area contributed by atoms with Crippen molar-refractivity contribution in [3.8, 4) is 11.1 Å². The highest BCUT2D eigenvalue weighted by molar-refractivity contribution is 6.31. The fourth-order valence-electron chi connectivity index (χ4n) is 1.97. The van der Waals surface area contributed by atoms with Crippen molar-refractivity contribution < 1.29 is 4.79 Å². The van der Waals surface area contributed by atoms with Crippen LogP contribution < -0.4 is 0 Å². The summed E-state index contributed by atoms with van der Waals surface area (Å²) in [7, 11) is 0. The Morgan fingerprint density at radius 1 is 0.727 bits per heavy atom. The van der Waals surface area contributed by atoms with Crippen molar-refractivity contribution in [3.63, 3.8) is 0 Å². The maximum Gasteiger partial charge on any atom is 0.230 e. The fraction of sp³-hybridized carbons (Fsp3) is 0. The fourth-order valence-corrected chi connectivity index (χ4v) is 2.22. The van der Waals surface area contributed by atoms with E-state index in [-0.39, 0.29) is 11.6 Å². The Labute approximate surface area is 137 Å². The second-order valence-corrected chi connectivity index (χ2v) is 5.51. The average Bonchev–Trinajstić information content (AvgIpc) is 2.56. The van der Waals surface area contributed by atoms with Gasteiger partial charge in [0.05, 0.1) is 0 Å². The van der Waals surface area contributed by atoms with Crippen molar-refractivity contribution in [3.05, 3.63) is 82.4 Å². The highest BCUT2D eigenvalue weighted by Crippen LogP contribution is 2.20. The van der Waals surface area contributed by atoms with Crippen LogP contribution in [0.25, 0.3) is 11.1 Å². The van der Waals surface area contributed by atoms with Crippen molar-refractivity contribution in [1.82, 2.24) is 9.97 Å². The van der Waals surface area contributed by atoms with Crippen molar-refractivity contribution >= 4 is 29.0 Å². The predicted molar refractivity (Wildman–Crippen MR) is 87.4 cm³/mol. The van der Waals surface area contributed by atoms with Crippen LogP contribution in [0, 0.1) is 0 Å². The summed E-state index contributed by atoms with van der Waals surface area (Å²) in [6.07, 6.45) is 3.25. The lowest BCUT2D eigenvalue weighted by molar-refractivity contribution is 0.102. The van der Waals surface area contributed by atoms with E-state index in [1.165, 1.54) is 0 Å². The third kappa shape index (κ3) is 3.16. The minimum atomic E-state index is -0.237. The SMILES string of the molecule is O=C(c1ccc(Cl)cc1)c1ncc(-c2ccc(Cl)cc2)cn1. The van der Waals surface area contributed by atoms with Gasteiger partial charge >= 0.3 is 0 Å². The lowest BCUT2D eigenvalue weighted by atomic mass is 10.1. The van der Waals surface area contributed by atoms with Crippen LogP contribution in [-0.4, -0.2) is 15.8 Å². The molecule has 0 fully saturated rings. The van der Waals surface area contributed by atoms with Crippen molar-refractivity contribution in [1.29, 1.82) is 0 Å². The minimum Gasteiger partial charge on any atom is -0.285 e. The summed E-state index contributed by atoms with van der Waals surface area (Å²) in [5.41, 5.74) is 2.27. The lowest BCUT2D eigenvalue weighted by Gasteiger charge is -2.03. The Morgan fingerprint density at radius 3 is 1.77 bits per heavy atom. The topological polar surface area (TPSA) is 42.9 Å². The predicted octanol–water partition coefficient (Wildman–Crippen LogP) is 4.68. The number of aromatic nitrogens is 2. The van der Waals surface area contributed by atoms with Crippen LogP contribution in [0.15, 0.2) is 60.9 Å². The molecule has 3 nitrogen and oxygen atoms in total. The number of carbonyl (C=O) groups is 1. The van der Waals surface area contributed by atoms with E-state index >= 15 is 0 Å². The van der Waals surface area contributed by atoms with Gasteiger partial charge in [0.25, 0.3) is 0 Å². The molecule has 5 heteroatoms. The molecule has 108 valence electrons. The normalized spacial score (nSPS) is 10.5. The summed E-state index contributed by atoms with van der Waals surface area (Å²) in [6.45, 7) is 0. The molecule has 0 aliphatic rings. The van der Waals surface area contributed by atoms with Crippen LogP contribution in [0.2, 0.25) is 10.0 Å². The molecule has 0 saturated heterocycles.